The molecule has 0 saturated carbocycles. The molecule has 0 aromatic heterocycles. The smallest absolute Gasteiger partial charge is 0.306 e. The van der Waals surface area contributed by atoms with Crippen molar-refractivity contribution in [1.82, 2.24) is 0 Å². The van der Waals surface area contributed by atoms with Crippen molar-refractivity contribution < 1.29 is 28.6 Å². The second kappa shape index (κ2) is 44.5. The summed E-state index contributed by atoms with van der Waals surface area (Å²) in [5.41, 5.74) is 0. The Bertz CT molecular complexity index is 1270. The highest BCUT2D eigenvalue weighted by Crippen LogP contribution is 2.13. The van der Waals surface area contributed by atoms with Crippen LogP contribution in [0.25, 0.3) is 0 Å². The molecule has 0 aliphatic heterocycles. The van der Waals surface area contributed by atoms with Crippen LogP contribution in [0.5, 0.6) is 0 Å². The van der Waals surface area contributed by atoms with E-state index in [2.05, 4.69) is 39.0 Å². The van der Waals surface area contributed by atoms with Crippen LogP contribution in [-0.2, 0) is 28.6 Å². The number of hydrogen-bond donors (Lipinski definition) is 0. The fourth-order valence-electron chi connectivity index (χ4n) is 5.43. The standard InChI is InChI=1S/C51H78O6/c1-4-7-10-13-16-19-22-24-25-27-29-32-35-38-41-44-50(53)56-47-48(46-55-49(52)43-40-37-34-31-28-21-18-15-12-9-6-3)57-51(54)45-42-39-36-33-30-26-23-20-17-14-11-8-5-2/h7-8,10-11,13-14,16-17,19-20,22-27,29-30,33,36,48H,4-6,9,12,15,18,21,28,31-32,34-35,37-47H2,1-3H3/b10-7-,11-8-,16-13-,17-14-,22-19-,23-20-,25-24-,29-27-,30-26-,36-33-. The maximum Gasteiger partial charge on any atom is 0.306 e. The summed E-state index contributed by atoms with van der Waals surface area (Å²) in [4.78, 5) is 37.7. The second-order valence-corrected chi connectivity index (χ2v) is 14.1. The molecule has 6 heteroatoms. The number of esters is 3. The van der Waals surface area contributed by atoms with Crippen molar-refractivity contribution in [2.75, 3.05) is 13.2 Å². The summed E-state index contributed by atoms with van der Waals surface area (Å²) in [6.45, 7) is 6.20. The fourth-order valence-corrected chi connectivity index (χ4v) is 5.43. The van der Waals surface area contributed by atoms with Gasteiger partial charge in [-0.05, 0) is 51.4 Å². The number of rotatable bonds is 37. The summed E-state index contributed by atoms with van der Waals surface area (Å²) in [5, 5.41) is 0. The van der Waals surface area contributed by atoms with Crippen LogP contribution in [0.4, 0.5) is 0 Å². The lowest BCUT2D eigenvalue weighted by Crippen LogP contribution is -2.30. The average Bonchev–Trinajstić information content (AvgIpc) is 3.21. The Morgan fingerprint density at radius 3 is 1.12 bits per heavy atom. The molecule has 0 aromatic carbocycles. The lowest BCUT2D eigenvalue weighted by Gasteiger charge is -2.18. The van der Waals surface area contributed by atoms with Gasteiger partial charge in [0.05, 0.1) is 0 Å². The van der Waals surface area contributed by atoms with Gasteiger partial charge in [-0.25, -0.2) is 0 Å². The first kappa shape index (κ1) is 52.8. The predicted octanol–water partition coefficient (Wildman–Crippen LogP) is 14.2. The van der Waals surface area contributed by atoms with Crippen LogP contribution in [0, 0.1) is 0 Å². The van der Waals surface area contributed by atoms with Crippen molar-refractivity contribution in [2.45, 2.75) is 168 Å². The molecule has 0 N–H and O–H groups in total. The summed E-state index contributed by atoms with van der Waals surface area (Å²) in [5.74, 6) is -1.06. The SMILES string of the molecule is CC\C=C/C=C\C=C/C=C\C=C/CCCCCC(=O)OCC(COC(=O)CCCCCCCCCCCCC)OC(=O)CCC\C=C/C=C\C=C/C=C\C=C/CC. The summed E-state index contributed by atoms with van der Waals surface area (Å²) in [6, 6.07) is 0. The fraction of sp³-hybridized carbons (Fsp3) is 0.549. The molecule has 0 heterocycles. The Balaban J connectivity index is 4.61. The van der Waals surface area contributed by atoms with Crippen molar-refractivity contribution >= 4 is 17.9 Å². The Hall–Kier alpha value is -4.19. The zero-order valence-electron chi connectivity index (χ0n) is 36.0. The van der Waals surface area contributed by atoms with Crippen LogP contribution in [0.3, 0.4) is 0 Å². The maximum atomic E-state index is 12.7. The summed E-state index contributed by atoms with van der Waals surface area (Å²) in [6.07, 6.45) is 60.4. The minimum absolute atomic E-state index is 0.123. The van der Waals surface area contributed by atoms with E-state index in [1.54, 1.807) is 0 Å². The molecule has 0 fully saturated rings. The number of carbonyl (C=O) groups is 3. The summed E-state index contributed by atoms with van der Waals surface area (Å²) < 4.78 is 16.6. The second-order valence-electron chi connectivity index (χ2n) is 14.1. The molecule has 0 radical (unpaired) electrons. The Kier molecular flexibility index (Phi) is 41.3. The highest BCUT2D eigenvalue weighted by Gasteiger charge is 2.19. The van der Waals surface area contributed by atoms with Crippen LogP contribution in [0.15, 0.2) is 122 Å². The van der Waals surface area contributed by atoms with Crippen molar-refractivity contribution in [3.63, 3.8) is 0 Å². The first-order valence-electron chi connectivity index (χ1n) is 22.2. The van der Waals surface area contributed by atoms with Gasteiger partial charge in [0.15, 0.2) is 6.10 Å². The number of carbonyl (C=O) groups excluding carboxylic acids is 3. The van der Waals surface area contributed by atoms with E-state index in [1.165, 1.54) is 51.4 Å². The zero-order chi connectivity index (χ0) is 41.5. The molecule has 0 aromatic rings. The van der Waals surface area contributed by atoms with Gasteiger partial charge in [-0.1, -0.05) is 213 Å². The quantitative estimate of drug-likeness (QED) is 0.0270. The molecule has 0 bridgehead atoms. The van der Waals surface area contributed by atoms with Crippen molar-refractivity contribution in [3.05, 3.63) is 122 Å². The lowest BCUT2D eigenvalue weighted by atomic mass is 10.1. The molecule has 0 rings (SSSR count). The highest BCUT2D eigenvalue weighted by molar-refractivity contribution is 5.71. The molecular formula is C51H78O6. The lowest BCUT2D eigenvalue weighted by molar-refractivity contribution is -0.167. The number of ether oxygens (including phenoxy) is 3. The highest BCUT2D eigenvalue weighted by atomic mass is 16.6. The largest absolute Gasteiger partial charge is 0.462 e. The van der Waals surface area contributed by atoms with E-state index in [0.29, 0.717) is 12.8 Å². The number of allylic oxidation sites excluding steroid dienone is 20. The van der Waals surface area contributed by atoms with Gasteiger partial charge in [-0.15, -0.1) is 0 Å². The minimum atomic E-state index is -0.832. The van der Waals surface area contributed by atoms with Crippen LogP contribution in [0.2, 0.25) is 0 Å². The Morgan fingerprint density at radius 2 is 0.702 bits per heavy atom. The van der Waals surface area contributed by atoms with E-state index in [9.17, 15) is 14.4 Å². The van der Waals surface area contributed by atoms with Gasteiger partial charge in [0, 0.05) is 19.3 Å². The van der Waals surface area contributed by atoms with E-state index in [-0.39, 0.29) is 38.0 Å². The molecule has 0 amide bonds. The van der Waals surface area contributed by atoms with Crippen molar-refractivity contribution in [1.29, 1.82) is 0 Å². The third-order valence-corrected chi connectivity index (χ3v) is 8.72. The number of unbranched alkanes of at least 4 members (excludes halogenated alkanes) is 14. The van der Waals surface area contributed by atoms with E-state index < -0.39 is 12.1 Å². The van der Waals surface area contributed by atoms with Gasteiger partial charge < -0.3 is 14.2 Å². The molecule has 0 aliphatic rings. The van der Waals surface area contributed by atoms with Gasteiger partial charge in [-0.2, -0.15) is 0 Å². The Morgan fingerprint density at radius 1 is 0.368 bits per heavy atom. The summed E-state index contributed by atoms with van der Waals surface area (Å²) >= 11 is 0. The van der Waals surface area contributed by atoms with E-state index in [0.717, 1.165) is 64.2 Å². The molecule has 1 atom stereocenters. The van der Waals surface area contributed by atoms with Gasteiger partial charge in [0.1, 0.15) is 13.2 Å². The van der Waals surface area contributed by atoms with Gasteiger partial charge >= 0.3 is 17.9 Å². The minimum Gasteiger partial charge on any atom is -0.462 e. The topological polar surface area (TPSA) is 78.9 Å². The first-order valence-corrected chi connectivity index (χ1v) is 22.2. The van der Waals surface area contributed by atoms with Gasteiger partial charge in [0.2, 0.25) is 0 Å². The van der Waals surface area contributed by atoms with Gasteiger partial charge in [0.25, 0.3) is 0 Å². The van der Waals surface area contributed by atoms with E-state index >= 15 is 0 Å². The normalized spacial score (nSPS) is 13.2. The first-order chi connectivity index (χ1) is 28.0. The third kappa shape index (κ3) is 42.8. The molecule has 57 heavy (non-hydrogen) atoms. The maximum absolute atomic E-state index is 12.7. The molecular weight excluding hydrogens is 709 g/mol. The molecule has 0 spiro atoms. The third-order valence-electron chi connectivity index (χ3n) is 8.72. The monoisotopic (exact) mass is 787 g/mol. The van der Waals surface area contributed by atoms with Crippen molar-refractivity contribution in [3.8, 4) is 0 Å². The molecule has 0 aliphatic carbocycles. The van der Waals surface area contributed by atoms with Crippen LogP contribution in [-0.4, -0.2) is 37.2 Å². The molecule has 0 saturated heterocycles. The molecule has 1 unspecified atom stereocenters. The van der Waals surface area contributed by atoms with Crippen LogP contribution < -0.4 is 0 Å². The van der Waals surface area contributed by atoms with E-state index in [4.69, 9.17) is 14.2 Å². The average molecular weight is 787 g/mol. The van der Waals surface area contributed by atoms with Crippen LogP contribution >= 0.6 is 0 Å². The van der Waals surface area contributed by atoms with Gasteiger partial charge in [-0.3, -0.25) is 14.4 Å². The Labute approximate surface area is 348 Å². The predicted molar refractivity (Wildman–Crippen MR) is 242 cm³/mol. The van der Waals surface area contributed by atoms with Crippen LogP contribution in [0.1, 0.15) is 162 Å². The van der Waals surface area contributed by atoms with Crippen molar-refractivity contribution in [2.24, 2.45) is 0 Å². The van der Waals surface area contributed by atoms with E-state index in [1.807, 2.05) is 103 Å². The summed E-state index contributed by atoms with van der Waals surface area (Å²) in [7, 11) is 0. The zero-order valence-corrected chi connectivity index (χ0v) is 36.0. The number of hydrogen-bond acceptors (Lipinski definition) is 6. The molecule has 318 valence electrons. The molecule has 6 nitrogen and oxygen atoms in total.